The molecule has 9 heteroatoms. The Hall–Kier alpha value is -2.97. The first-order chi connectivity index (χ1) is 13.5. The number of rotatable bonds is 5. The van der Waals surface area contributed by atoms with Gasteiger partial charge in [-0.25, -0.2) is 9.67 Å². The molecule has 142 valence electrons. The first-order valence-corrected chi connectivity index (χ1v) is 9.69. The maximum atomic E-state index is 12.5. The van der Waals surface area contributed by atoms with E-state index in [0.717, 1.165) is 11.4 Å². The van der Waals surface area contributed by atoms with Crippen molar-refractivity contribution in [2.24, 2.45) is 0 Å². The maximum absolute atomic E-state index is 12.5. The number of carbonyl (C=O) groups excluding carboxylic acids is 1. The molecule has 3 aromatic heterocycles. The third-order valence-corrected chi connectivity index (χ3v) is 5.55. The first kappa shape index (κ1) is 18.4. The predicted octanol–water partition coefficient (Wildman–Crippen LogP) is 4.18. The summed E-state index contributed by atoms with van der Waals surface area (Å²) in [5, 5.41) is 12.6. The molecule has 0 aliphatic heterocycles. The van der Waals surface area contributed by atoms with E-state index >= 15 is 0 Å². The van der Waals surface area contributed by atoms with E-state index in [0.29, 0.717) is 38.6 Å². The normalized spacial score (nSPS) is 11.0. The van der Waals surface area contributed by atoms with Crippen molar-refractivity contribution in [3.63, 3.8) is 0 Å². The monoisotopic (exact) mass is 413 g/mol. The summed E-state index contributed by atoms with van der Waals surface area (Å²) >= 11 is 7.36. The second-order valence-corrected chi connectivity index (χ2v) is 7.55. The smallest absolute Gasteiger partial charge is 0.263 e. The van der Waals surface area contributed by atoms with E-state index in [2.05, 4.69) is 20.6 Å². The van der Waals surface area contributed by atoms with Crippen LogP contribution in [0.5, 0.6) is 0 Å². The number of halogens is 1. The molecule has 1 aromatic carbocycles. The lowest BCUT2D eigenvalue weighted by Crippen LogP contribution is -2.22. The average Bonchev–Trinajstić information content (AvgIpc) is 3.40. The lowest BCUT2D eigenvalue weighted by molar-refractivity contribution is 0.0951. The summed E-state index contributed by atoms with van der Waals surface area (Å²) in [6.07, 6.45) is 1.57. The van der Waals surface area contributed by atoms with Gasteiger partial charge in [0, 0.05) is 5.02 Å². The number of hydrogen-bond donors (Lipinski definition) is 1. The lowest BCUT2D eigenvalue weighted by Gasteiger charge is -2.03. The van der Waals surface area contributed by atoms with Gasteiger partial charge in [-0.3, -0.25) is 4.79 Å². The highest BCUT2D eigenvalue weighted by atomic mass is 35.5. The molecule has 0 radical (unpaired) electrons. The van der Waals surface area contributed by atoms with Gasteiger partial charge in [-0.2, -0.15) is 0 Å². The van der Waals surface area contributed by atoms with Crippen molar-refractivity contribution in [2.45, 2.75) is 20.4 Å². The summed E-state index contributed by atoms with van der Waals surface area (Å²) in [7, 11) is 0. The van der Waals surface area contributed by atoms with E-state index in [-0.39, 0.29) is 5.91 Å². The van der Waals surface area contributed by atoms with Crippen LogP contribution in [0.3, 0.4) is 0 Å². The molecule has 4 rings (SSSR count). The van der Waals surface area contributed by atoms with Crippen LogP contribution in [-0.2, 0) is 6.54 Å². The van der Waals surface area contributed by atoms with E-state index in [1.807, 2.05) is 31.2 Å². The summed E-state index contributed by atoms with van der Waals surface area (Å²) < 4.78 is 6.94. The highest BCUT2D eigenvalue weighted by Gasteiger charge is 2.20. The van der Waals surface area contributed by atoms with Crippen LogP contribution in [0.25, 0.3) is 16.4 Å². The zero-order valence-electron chi connectivity index (χ0n) is 15.1. The second kappa shape index (κ2) is 7.57. The first-order valence-electron chi connectivity index (χ1n) is 8.49. The SMILES string of the molecule is Cc1nc(-c2nnn(-c3cccc(Cl)c3)c2C)sc1C(=O)NCc1ccco1. The molecule has 0 atom stereocenters. The molecule has 1 N–H and O–H groups in total. The molecular weight excluding hydrogens is 398 g/mol. The van der Waals surface area contributed by atoms with Gasteiger partial charge < -0.3 is 9.73 Å². The number of hydrogen-bond acceptors (Lipinski definition) is 6. The fourth-order valence-electron chi connectivity index (χ4n) is 2.75. The van der Waals surface area contributed by atoms with Crippen LogP contribution in [0.1, 0.15) is 26.8 Å². The number of aryl methyl sites for hydroxylation is 1. The van der Waals surface area contributed by atoms with Crippen molar-refractivity contribution in [3.8, 4) is 16.4 Å². The third-order valence-electron chi connectivity index (χ3n) is 4.16. The Bertz CT molecular complexity index is 1130. The number of amides is 1. The topological polar surface area (TPSA) is 85.8 Å². The number of nitrogens with one attached hydrogen (secondary N) is 1. The maximum Gasteiger partial charge on any atom is 0.263 e. The average molecular weight is 414 g/mol. The van der Waals surface area contributed by atoms with Crippen LogP contribution >= 0.6 is 22.9 Å². The van der Waals surface area contributed by atoms with Crippen LogP contribution in [-0.4, -0.2) is 25.9 Å². The third kappa shape index (κ3) is 3.56. The van der Waals surface area contributed by atoms with Crippen molar-refractivity contribution in [3.05, 3.63) is 69.7 Å². The molecule has 0 saturated heterocycles. The Kier molecular flexibility index (Phi) is 4.97. The Morgan fingerprint density at radius 1 is 1.29 bits per heavy atom. The standard InChI is InChI=1S/C19H16ClN5O2S/c1-11-17(18(26)21-10-15-7-4-8-27-15)28-19(22-11)16-12(2)25(24-23-16)14-6-3-5-13(20)9-14/h3-9H,10H2,1-2H3,(H,21,26). The molecule has 28 heavy (non-hydrogen) atoms. The van der Waals surface area contributed by atoms with E-state index < -0.39 is 0 Å². The largest absolute Gasteiger partial charge is 0.467 e. The van der Waals surface area contributed by atoms with E-state index in [1.165, 1.54) is 11.3 Å². The summed E-state index contributed by atoms with van der Waals surface area (Å²) in [5.41, 5.74) is 2.92. The number of thiazole rings is 1. The van der Waals surface area contributed by atoms with Gasteiger partial charge in [-0.1, -0.05) is 22.9 Å². The predicted molar refractivity (Wildman–Crippen MR) is 107 cm³/mol. The van der Waals surface area contributed by atoms with Gasteiger partial charge in [0.25, 0.3) is 5.91 Å². The summed E-state index contributed by atoms with van der Waals surface area (Å²) in [6.45, 7) is 4.03. The van der Waals surface area contributed by atoms with Crippen molar-refractivity contribution < 1.29 is 9.21 Å². The summed E-state index contributed by atoms with van der Waals surface area (Å²) in [5.74, 6) is 0.494. The van der Waals surface area contributed by atoms with Crippen molar-refractivity contribution in [1.29, 1.82) is 0 Å². The van der Waals surface area contributed by atoms with E-state index in [1.54, 1.807) is 30.0 Å². The number of furan rings is 1. The highest BCUT2D eigenvalue weighted by Crippen LogP contribution is 2.29. The van der Waals surface area contributed by atoms with Gasteiger partial charge in [0.05, 0.1) is 29.9 Å². The van der Waals surface area contributed by atoms with E-state index in [4.69, 9.17) is 16.0 Å². The molecule has 0 spiro atoms. The Morgan fingerprint density at radius 3 is 2.89 bits per heavy atom. The van der Waals surface area contributed by atoms with Crippen LogP contribution in [0, 0.1) is 13.8 Å². The molecule has 0 fully saturated rings. The van der Waals surface area contributed by atoms with Gasteiger partial charge in [0.2, 0.25) is 0 Å². The minimum Gasteiger partial charge on any atom is -0.467 e. The fourth-order valence-corrected chi connectivity index (χ4v) is 3.95. The van der Waals surface area contributed by atoms with Gasteiger partial charge in [0.1, 0.15) is 21.3 Å². The van der Waals surface area contributed by atoms with Gasteiger partial charge in [-0.05, 0) is 44.2 Å². The van der Waals surface area contributed by atoms with Crippen LogP contribution in [0.15, 0.2) is 47.1 Å². The summed E-state index contributed by atoms with van der Waals surface area (Å²) in [4.78, 5) is 17.6. The highest BCUT2D eigenvalue weighted by molar-refractivity contribution is 7.17. The number of carbonyl (C=O) groups is 1. The van der Waals surface area contributed by atoms with Crippen LogP contribution < -0.4 is 5.32 Å². The molecule has 0 bridgehead atoms. The number of benzene rings is 1. The van der Waals surface area contributed by atoms with Gasteiger partial charge in [0.15, 0.2) is 0 Å². The Balaban J connectivity index is 1.59. The van der Waals surface area contributed by atoms with Crippen LogP contribution in [0.4, 0.5) is 0 Å². The molecule has 7 nitrogen and oxygen atoms in total. The van der Waals surface area contributed by atoms with Crippen molar-refractivity contribution >= 4 is 28.8 Å². The van der Waals surface area contributed by atoms with Crippen LogP contribution in [0.2, 0.25) is 5.02 Å². The molecule has 0 aliphatic carbocycles. The number of nitrogens with zero attached hydrogens (tertiary/aromatic N) is 4. The summed E-state index contributed by atoms with van der Waals surface area (Å²) in [6, 6.07) is 11.0. The quantitative estimate of drug-likeness (QED) is 0.530. The molecule has 0 saturated carbocycles. The Labute approximate surface area is 170 Å². The second-order valence-electron chi connectivity index (χ2n) is 6.11. The molecule has 4 aromatic rings. The minimum atomic E-state index is -0.197. The minimum absolute atomic E-state index is 0.197. The lowest BCUT2D eigenvalue weighted by atomic mass is 10.3. The van der Waals surface area contributed by atoms with Crippen molar-refractivity contribution in [1.82, 2.24) is 25.3 Å². The molecule has 0 unspecified atom stereocenters. The van der Waals surface area contributed by atoms with E-state index in [9.17, 15) is 4.79 Å². The number of aromatic nitrogens is 4. The zero-order valence-corrected chi connectivity index (χ0v) is 16.7. The molecule has 1 amide bonds. The molecule has 0 aliphatic rings. The van der Waals surface area contributed by atoms with Gasteiger partial charge in [-0.15, -0.1) is 16.4 Å². The van der Waals surface area contributed by atoms with Crippen molar-refractivity contribution in [2.75, 3.05) is 0 Å². The Morgan fingerprint density at radius 2 is 2.14 bits per heavy atom. The fraction of sp³-hybridized carbons (Fsp3) is 0.158. The zero-order chi connectivity index (χ0) is 19.7. The molecular formula is C19H16ClN5O2S. The molecule has 3 heterocycles. The van der Waals surface area contributed by atoms with Gasteiger partial charge >= 0.3 is 0 Å².